The zero-order valence-electron chi connectivity index (χ0n) is 10.7. The van der Waals surface area contributed by atoms with Crippen LogP contribution in [0.3, 0.4) is 0 Å². The molecule has 2 N–H and O–H groups in total. The summed E-state index contributed by atoms with van der Waals surface area (Å²) in [6, 6.07) is 13.3. The van der Waals surface area contributed by atoms with Crippen LogP contribution in [0.4, 0.5) is 0 Å². The molecule has 0 aromatic heterocycles. The van der Waals surface area contributed by atoms with Crippen molar-refractivity contribution in [2.45, 2.75) is 6.42 Å². The van der Waals surface area contributed by atoms with Crippen molar-refractivity contribution in [3.05, 3.63) is 59.7 Å². The maximum Gasteiger partial charge on any atom is 0.200 e. The molecule has 3 heteroatoms. The first kappa shape index (κ1) is 13.0. The highest BCUT2D eigenvalue weighted by Crippen LogP contribution is 2.38. The van der Waals surface area contributed by atoms with Crippen LogP contribution in [0.5, 0.6) is 17.2 Å². The zero-order chi connectivity index (χ0) is 13.7. The highest BCUT2D eigenvalue weighted by Gasteiger charge is 2.10. The van der Waals surface area contributed by atoms with Gasteiger partial charge in [-0.1, -0.05) is 48.6 Å². The van der Waals surface area contributed by atoms with Gasteiger partial charge in [-0.15, -0.1) is 0 Å². The Morgan fingerprint density at radius 3 is 2.42 bits per heavy atom. The number of phenolic OH excluding ortho intramolecular Hbond substituents is 2. The maximum absolute atomic E-state index is 9.84. The van der Waals surface area contributed by atoms with Crippen molar-refractivity contribution >= 4 is 6.08 Å². The molecular weight excluding hydrogens is 240 g/mol. The van der Waals surface area contributed by atoms with Crippen LogP contribution in [0.15, 0.2) is 48.5 Å². The summed E-state index contributed by atoms with van der Waals surface area (Å²) in [5.74, 6) is -0.0709. The Labute approximate surface area is 112 Å². The Morgan fingerprint density at radius 2 is 1.74 bits per heavy atom. The lowest BCUT2D eigenvalue weighted by Gasteiger charge is -2.08. The Kier molecular flexibility index (Phi) is 4.08. The van der Waals surface area contributed by atoms with Gasteiger partial charge in [0.2, 0.25) is 5.75 Å². The van der Waals surface area contributed by atoms with Gasteiger partial charge in [0.1, 0.15) is 0 Å². The topological polar surface area (TPSA) is 49.7 Å². The van der Waals surface area contributed by atoms with Crippen LogP contribution in [-0.4, -0.2) is 17.3 Å². The highest BCUT2D eigenvalue weighted by molar-refractivity contribution is 5.55. The van der Waals surface area contributed by atoms with Gasteiger partial charge in [0, 0.05) is 5.56 Å². The van der Waals surface area contributed by atoms with Crippen LogP contribution in [0.25, 0.3) is 6.08 Å². The molecule has 3 nitrogen and oxygen atoms in total. The molecule has 0 bridgehead atoms. The van der Waals surface area contributed by atoms with Crippen LogP contribution in [0.2, 0.25) is 0 Å². The van der Waals surface area contributed by atoms with Crippen molar-refractivity contribution in [1.29, 1.82) is 0 Å². The molecule has 19 heavy (non-hydrogen) atoms. The SMILES string of the molecule is COc1ccc(C/C=C/c2ccccc2)c(O)c1O. The van der Waals surface area contributed by atoms with Crippen molar-refractivity contribution in [3.8, 4) is 17.2 Å². The molecular formula is C16H16O3. The predicted octanol–water partition coefficient (Wildman–Crippen LogP) is 3.36. The van der Waals surface area contributed by atoms with E-state index in [0.29, 0.717) is 12.0 Å². The van der Waals surface area contributed by atoms with Crippen LogP contribution in [0.1, 0.15) is 11.1 Å². The average molecular weight is 256 g/mol. The molecule has 0 spiro atoms. The van der Waals surface area contributed by atoms with Gasteiger partial charge < -0.3 is 14.9 Å². The second kappa shape index (κ2) is 5.96. The smallest absolute Gasteiger partial charge is 0.200 e. The third-order valence-corrected chi connectivity index (χ3v) is 2.87. The summed E-state index contributed by atoms with van der Waals surface area (Å²) in [5, 5.41) is 19.5. The van der Waals surface area contributed by atoms with E-state index in [4.69, 9.17) is 4.74 Å². The molecule has 98 valence electrons. The first-order valence-electron chi connectivity index (χ1n) is 6.01. The molecule has 0 unspecified atom stereocenters. The molecule has 0 saturated carbocycles. The number of methoxy groups -OCH3 is 1. The molecule has 0 atom stereocenters. The molecule has 0 fully saturated rings. The number of hydrogen-bond acceptors (Lipinski definition) is 3. The lowest BCUT2D eigenvalue weighted by Crippen LogP contribution is -1.88. The molecule has 0 saturated heterocycles. The van der Waals surface area contributed by atoms with Crippen molar-refractivity contribution in [2.75, 3.05) is 7.11 Å². The Bertz CT molecular complexity index is 574. The van der Waals surface area contributed by atoms with Gasteiger partial charge in [-0.25, -0.2) is 0 Å². The van der Waals surface area contributed by atoms with E-state index >= 15 is 0 Å². The fraction of sp³-hybridized carbons (Fsp3) is 0.125. The minimum Gasteiger partial charge on any atom is -0.504 e. The van der Waals surface area contributed by atoms with E-state index in [-0.39, 0.29) is 17.2 Å². The van der Waals surface area contributed by atoms with Crippen LogP contribution in [-0.2, 0) is 6.42 Å². The number of phenols is 2. The van der Waals surface area contributed by atoms with Gasteiger partial charge in [-0.3, -0.25) is 0 Å². The maximum atomic E-state index is 9.84. The fourth-order valence-electron chi connectivity index (χ4n) is 1.82. The van der Waals surface area contributed by atoms with E-state index in [1.165, 1.54) is 7.11 Å². The first-order chi connectivity index (χ1) is 9.22. The predicted molar refractivity (Wildman–Crippen MR) is 75.5 cm³/mol. The lowest BCUT2D eigenvalue weighted by atomic mass is 10.1. The van der Waals surface area contributed by atoms with Gasteiger partial charge in [0.25, 0.3) is 0 Å². The molecule has 0 aliphatic heterocycles. The minimum absolute atomic E-state index is 0.128. The van der Waals surface area contributed by atoms with Gasteiger partial charge in [0.05, 0.1) is 7.11 Å². The van der Waals surface area contributed by atoms with E-state index in [1.54, 1.807) is 12.1 Å². The summed E-state index contributed by atoms with van der Waals surface area (Å²) in [7, 11) is 1.45. The van der Waals surface area contributed by atoms with Crippen LogP contribution >= 0.6 is 0 Å². The van der Waals surface area contributed by atoms with Crippen molar-refractivity contribution in [3.63, 3.8) is 0 Å². The molecule has 0 radical (unpaired) electrons. The number of ether oxygens (including phenoxy) is 1. The number of aromatic hydroxyl groups is 2. The van der Waals surface area contributed by atoms with Crippen molar-refractivity contribution in [2.24, 2.45) is 0 Å². The summed E-state index contributed by atoms with van der Waals surface area (Å²) < 4.78 is 4.93. The molecule has 2 aromatic carbocycles. The van der Waals surface area contributed by atoms with Crippen molar-refractivity contribution in [1.82, 2.24) is 0 Å². The first-order valence-corrected chi connectivity index (χ1v) is 6.01. The quantitative estimate of drug-likeness (QED) is 0.825. The molecule has 2 aromatic rings. The fourth-order valence-corrected chi connectivity index (χ4v) is 1.82. The Hall–Kier alpha value is -2.42. The normalized spacial score (nSPS) is 10.8. The number of allylic oxidation sites excluding steroid dienone is 1. The summed E-state index contributed by atoms with van der Waals surface area (Å²) >= 11 is 0. The lowest BCUT2D eigenvalue weighted by molar-refractivity contribution is 0.349. The summed E-state index contributed by atoms with van der Waals surface area (Å²) in [6.45, 7) is 0. The van der Waals surface area contributed by atoms with E-state index in [2.05, 4.69) is 0 Å². The van der Waals surface area contributed by atoms with Gasteiger partial charge >= 0.3 is 0 Å². The molecule has 0 heterocycles. The minimum atomic E-state index is -0.215. The monoisotopic (exact) mass is 256 g/mol. The summed E-state index contributed by atoms with van der Waals surface area (Å²) in [4.78, 5) is 0. The summed E-state index contributed by atoms with van der Waals surface area (Å²) in [5.41, 5.74) is 1.75. The Balaban J connectivity index is 2.12. The number of hydrogen-bond donors (Lipinski definition) is 2. The number of rotatable bonds is 4. The highest BCUT2D eigenvalue weighted by atomic mass is 16.5. The van der Waals surface area contributed by atoms with Crippen molar-refractivity contribution < 1.29 is 14.9 Å². The average Bonchev–Trinajstić information content (AvgIpc) is 2.45. The van der Waals surface area contributed by atoms with E-state index in [0.717, 1.165) is 5.56 Å². The summed E-state index contributed by atoms with van der Waals surface area (Å²) in [6.07, 6.45) is 4.45. The Morgan fingerprint density at radius 1 is 1.00 bits per heavy atom. The van der Waals surface area contributed by atoms with Gasteiger partial charge in [-0.05, 0) is 18.1 Å². The number of benzene rings is 2. The molecule has 0 aliphatic carbocycles. The molecule has 0 amide bonds. The van der Waals surface area contributed by atoms with E-state index < -0.39 is 0 Å². The third kappa shape index (κ3) is 3.07. The third-order valence-electron chi connectivity index (χ3n) is 2.87. The zero-order valence-corrected chi connectivity index (χ0v) is 10.7. The van der Waals surface area contributed by atoms with E-state index in [1.807, 2.05) is 42.5 Å². The van der Waals surface area contributed by atoms with E-state index in [9.17, 15) is 10.2 Å². The molecule has 2 rings (SSSR count). The molecule has 0 aliphatic rings. The standard InChI is InChI=1S/C16H16O3/c1-19-14-11-10-13(15(17)16(14)18)9-5-8-12-6-3-2-4-7-12/h2-8,10-11,17-18H,9H2,1H3/b8-5+. The second-order valence-electron chi connectivity index (χ2n) is 4.14. The van der Waals surface area contributed by atoms with Gasteiger partial charge in [-0.2, -0.15) is 0 Å². The van der Waals surface area contributed by atoms with Crippen LogP contribution < -0.4 is 4.74 Å². The van der Waals surface area contributed by atoms with Crippen LogP contribution in [0, 0.1) is 0 Å². The van der Waals surface area contributed by atoms with Gasteiger partial charge in [0.15, 0.2) is 11.5 Å². The largest absolute Gasteiger partial charge is 0.504 e. The second-order valence-corrected chi connectivity index (χ2v) is 4.14.